The standard InChI is InChI=1S/C20H20FN3O3S/c1-13(18(25)22-17-10-6-4-8-15(17)21)28-20-23-16-9-5-3-7-14(16)19(26)24(20)11-12-27-2/h3-10,13H,11-12H2,1-2H3,(H,22,25)/t13-/m0/s1. The van der Waals surface area contributed by atoms with Crippen LogP contribution >= 0.6 is 11.8 Å². The molecule has 0 saturated carbocycles. The third-order valence-electron chi connectivity index (χ3n) is 4.13. The van der Waals surface area contributed by atoms with Gasteiger partial charge in [0, 0.05) is 7.11 Å². The molecule has 1 atom stereocenters. The zero-order valence-corrected chi connectivity index (χ0v) is 16.3. The number of nitrogens with zero attached hydrogens (tertiary/aromatic N) is 2. The molecule has 0 unspecified atom stereocenters. The summed E-state index contributed by atoms with van der Waals surface area (Å²) in [4.78, 5) is 29.9. The highest BCUT2D eigenvalue weighted by Crippen LogP contribution is 2.24. The number of halogens is 1. The molecule has 0 radical (unpaired) electrons. The monoisotopic (exact) mass is 401 g/mol. The largest absolute Gasteiger partial charge is 0.383 e. The molecule has 3 aromatic rings. The van der Waals surface area contributed by atoms with Crippen LogP contribution in [-0.2, 0) is 16.1 Å². The molecule has 0 saturated heterocycles. The van der Waals surface area contributed by atoms with Crippen molar-refractivity contribution in [2.45, 2.75) is 23.9 Å². The number of anilines is 1. The summed E-state index contributed by atoms with van der Waals surface area (Å²) < 4.78 is 20.4. The van der Waals surface area contributed by atoms with Crippen LogP contribution in [0.1, 0.15) is 6.92 Å². The fraction of sp³-hybridized carbons (Fsp3) is 0.250. The third kappa shape index (κ3) is 4.40. The second-order valence-electron chi connectivity index (χ2n) is 6.09. The van der Waals surface area contributed by atoms with Crippen molar-refractivity contribution in [3.63, 3.8) is 0 Å². The predicted molar refractivity (Wildman–Crippen MR) is 108 cm³/mol. The molecule has 8 heteroatoms. The summed E-state index contributed by atoms with van der Waals surface area (Å²) in [6, 6.07) is 13.0. The van der Waals surface area contributed by atoms with Gasteiger partial charge in [-0.25, -0.2) is 9.37 Å². The molecule has 3 rings (SSSR count). The number of methoxy groups -OCH3 is 1. The van der Waals surface area contributed by atoms with E-state index in [0.717, 1.165) is 11.8 Å². The Kier molecular flexibility index (Phi) is 6.43. The molecule has 146 valence electrons. The number of ether oxygens (including phenoxy) is 1. The number of aromatic nitrogens is 2. The number of carbonyl (C=O) groups excluding carboxylic acids is 1. The first-order valence-corrected chi connectivity index (χ1v) is 9.60. The highest BCUT2D eigenvalue weighted by molar-refractivity contribution is 8.00. The van der Waals surface area contributed by atoms with Gasteiger partial charge < -0.3 is 10.1 Å². The van der Waals surface area contributed by atoms with Crippen molar-refractivity contribution >= 4 is 34.3 Å². The second-order valence-corrected chi connectivity index (χ2v) is 7.40. The summed E-state index contributed by atoms with van der Waals surface area (Å²) in [5, 5.41) is 2.89. The molecular formula is C20H20FN3O3S. The average molecular weight is 401 g/mol. The topological polar surface area (TPSA) is 73.2 Å². The van der Waals surface area contributed by atoms with E-state index in [1.165, 1.54) is 16.7 Å². The van der Waals surface area contributed by atoms with E-state index in [0.29, 0.717) is 29.2 Å². The van der Waals surface area contributed by atoms with E-state index in [1.54, 1.807) is 50.4 Å². The molecule has 0 bridgehead atoms. The smallest absolute Gasteiger partial charge is 0.262 e. The molecule has 28 heavy (non-hydrogen) atoms. The first-order chi connectivity index (χ1) is 13.5. The van der Waals surface area contributed by atoms with Crippen molar-refractivity contribution in [1.82, 2.24) is 9.55 Å². The molecule has 0 aliphatic heterocycles. The van der Waals surface area contributed by atoms with Crippen LogP contribution in [0.15, 0.2) is 58.5 Å². The summed E-state index contributed by atoms with van der Waals surface area (Å²) in [5.74, 6) is -0.885. The van der Waals surface area contributed by atoms with E-state index in [2.05, 4.69) is 10.3 Å². The lowest BCUT2D eigenvalue weighted by Gasteiger charge is -2.16. The second kappa shape index (κ2) is 8.99. The Balaban J connectivity index is 1.88. The number of carbonyl (C=O) groups is 1. The van der Waals surface area contributed by atoms with E-state index < -0.39 is 11.1 Å². The van der Waals surface area contributed by atoms with Crippen molar-refractivity contribution in [3.8, 4) is 0 Å². The fourth-order valence-electron chi connectivity index (χ4n) is 2.63. The molecular weight excluding hydrogens is 381 g/mol. The lowest BCUT2D eigenvalue weighted by atomic mass is 10.2. The molecule has 1 N–H and O–H groups in total. The maximum absolute atomic E-state index is 13.8. The van der Waals surface area contributed by atoms with Crippen molar-refractivity contribution in [2.24, 2.45) is 0 Å². The number of hydrogen-bond acceptors (Lipinski definition) is 5. The van der Waals surface area contributed by atoms with Crippen LogP contribution in [-0.4, -0.2) is 34.4 Å². The van der Waals surface area contributed by atoms with Gasteiger partial charge in [-0.2, -0.15) is 0 Å². The number of benzene rings is 2. The van der Waals surface area contributed by atoms with Gasteiger partial charge in [-0.3, -0.25) is 14.2 Å². The van der Waals surface area contributed by atoms with E-state index in [-0.39, 0.29) is 17.2 Å². The number of fused-ring (bicyclic) bond motifs is 1. The molecule has 2 aromatic carbocycles. The Morgan fingerprint density at radius 1 is 1.25 bits per heavy atom. The summed E-state index contributed by atoms with van der Waals surface area (Å²) in [6.07, 6.45) is 0. The van der Waals surface area contributed by atoms with E-state index in [4.69, 9.17) is 4.74 Å². The van der Waals surface area contributed by atoms with Gasteiger partial charge in [-0.1, -0.05) is 36.0 Å². The third-order valence-corrected chi connectivity index (χ3v) is 5.22. The Labute approximate surface area is 165 Å². The first kappa shape index (κ1) is 20.0. The molecule has 0 spiro atoms. The Morgan fingerprint density at radius 2 is 1.96 bits per heavy atom. The minimum Gasteiger partial charge on any atom is -0.383 e. The summed E-state index contributed by atoms with van der Waals surface area (Å²) >= 11 is 1.14. The van der Waals surface area contributed by atoms with Crippen LogP contribution in [0.2, 0.25) is 0 Å². The summed E-state index contributed by atoms with van der Waals surface area (Å²) in [6.45, 7) is 2.34. The number of hydrogen-bond donors (Lipinski definition) is 1. The van der Waals surface area contributed by atoms with Gasteiger partial charge >= 0.3 is 0 Å². The van der Waals surface area contributed by atoms with Crippen LogP contribution in [0.5, 0.6) is 0 Å². The number of thioether (sulfide) groups is 1. The van der Waals surface area contributed by atoms with Crippen LogP contribution in [0.4, 0.5) is 10.1 Å². The highest BCUT2D eigenvalue weighted by Gasteiger charge is 2.20. The SMILES string of the molecule is COCCn1c(S[C@@H](C)C(=O)Nc2ccccc2F)nc2ccccc2c1=O. The van der Waals surface area contributed by atoms with Crippen molar-refractivity contribution in [2.75, 3.05) is 19.0 Å². The molecule has 0 fully saturated rings. The molecule has 1 aromatic heterocycles. The van der Waals surface area contributed by atoms with Crippen LogP contribution in [0.3, 0.4) is 0 Å². The Bertz CT molecular complexity index is 1050. The van der Waals surface area contributed by atoms with Crippen molar-refractivity contribution < 1.29 is 13.9 Å². The quantitative estimate of drug-likeness (QED) is 0.486. The van der Waals surface area contributed by atoms with Crippen LogP contribution in [0.25, 0.3) is 10.9 Å². The van der Waals surface area contributed by atoms with Gasteiger partial charge in [-0.15, -0.1) is 0 Å². The fourth-order valence-corrected chi connectivity index (χ4v) is 3.56. The zero-order valence-electron chi connectivity index (χ0n) is 15.5. The van der Waals surface area contributed by atoms with Crippen molar-refractivity contribution in [3.05, 3.63) is 64.7 Å². The predicted octanol–water partition coefficient (Wildman–Crippen LogP) is 3.30. The minimum atomic E-state index is -0.596. The van der Waals surface area contributed by atoms with E-state index >= 15 is 0 Å². The molecule has 1 amide bonds. The minimum absolute atomic E-state index is 0.114. The van der Waals surface area contributed by atoms with Gasteiger partial charge in [0.2, 0.25) is 5.91 Å². The normalized spacial score (nSPS) is 12.1. The lowest BCUT2D eigenvalue weighted by Crippen LogP contribution is -2.28. The van der Waals surface area contributed by atoms with E-state index in [9.17, 15) is 14.0 Å². The molecule has 0 aliphatic carbocycles. The van der Waals surface area contributed by atoms with Crippen molar-refractivity contribution in [1.29, 1.82) is 0 Å². The van der Waals surface area contributed by atoms with Crippen LogP contribution < -0.4 is 10.9 Å². The maximum Gasteiger partial charge on any atom is 0.262 e. The lowest BCUT2D eigenvalue weighted by molar-refractivity contribution is -0.115. The number of nitrogens with one attached hydrogen (secondary N) is 1. The van der Waals surface area contributed by atoms with Gasteiger partial charge in [0.25, 0.3) is 5.56 Å². The number of amides is 1. The summed E-state index contributed by atoms with van der Waals surface area (Å²) in [7, 11) is 1.55. The highest BCUT2D eigenvalue weighted by atomic mass is 32.2. The van der Waals surface area contributed by atoms with Gasteiger partial charge in [0.15, 0.2) is 5.16 Å². The van der Waals surface area contributed by atoms with Gasteiger partial charge in [0.1, 0.15) is 5.82 Å². The zero-order chi connectivity index (χ0) is 20.1. The molecule has 1 heterocycles. The Morgan fingerprint density at radius 3 is 2.71 bits per heavy atom. The average Bonchev–Trinajstić information content (AvgIpc) is 2.69. The molecule has 0 aliphatic rings. The van der Waals surface area contributed by atoms with E-state index in [1.807, 2.05) is 0 Å². The molecule has 6 nitrogen and oxygen atoms in total. The summed E-state index contributed by atoms with van der Waals surface area (Å²) in [5.41, 5.74) is 0.487. The van der Waals surface area contributed by atoms with Crippen LogP contribution in [0, 0.1) is 5.82 Å². The Hall–Kier alpha value is -2.71. The maximum atomic E-state index is 13.8. The number of rotatable bonds is 7. The first-order valence-electron chi connectivity index (χ1n) is 8.72. The van der Waals surface area contributed by atoms with Gasteiger partial charge in [-0.05, 0) is 31.2 Å². The number of para-hydroxylation sites is 2. The van der Waals surface area contributed by atoms with Gasteiger partial charge in [0.05, 0.1) is 35.0 Å².